The molecule has 1 atom stereocenters. The molecule has 4 nitrogen and oxygen atoms in total. The van der Waals surface area contributed by atoms with Crippen molar-refractivity contribution in [3.05, 3.63) is 41.8 Å². The lowest BCUT2D eigenvalue weighted by atomic mass is 10.1. The number of rotatable bonds is 3. The lowest BCUT2D eigenvalue weighted by molar-refractivity contribution is 0.628. The van der Waals surface area contributed by atoms with Crippen LogP contribution in [0.4, 0.5) is 10.3 Å². The van der Waals surface area contributed by atoms with Crippen LogP contribution < -0.4 is 10.6 Å². The average Bonchev–Trinajstić information content (AvgIpc) is 2.97. The fourth-order valence-corrected chi connectivity index (χ4v) is 2.82. The predicted octanol–water partition coefficient (Wildman–Crippen LogP) is 2.52. The third kappa shape index (κ3) is 2.74. The topological polar surface area (TPSA) is 55.0 Å². The van der Waals surface area contributed by atoms with Gasteiger partial charge in [0, 0.05) is 30.9 Å². The van der Waals surface area contributed by atoms with Crippen molar-refractivity contribution in [2.45, 2.75) is 25.8 Å². The highest BCUT2D eigenvalue weighted by Gasteiger charge is 2.25. The maximum Gasteiger partial charge on any atom is 0.226 e. The van der Waals surface area contributed by atoms with E-state index in [-0.39, 0.29) is 5.82 Å². The predicted molar refractivity (Wildman–Crippen MR) is 81.6 cm³/mol. The van der Waals surface area contributed by atoms with E-state index in [1.807, 2.05) is 13.1 Å². The molecule has 2 N–H and O–H groups in total. The Morgan fingerprint density at radius 3 is 2.81 bits per heavy atom. The molecule has 1 saturated heterocycles. The molecule has 110 valence electrons. The molecule has 5 heteroatoms. The molecule has 0 spiro atoms. The number of halogens is 1. The molecule has 0 amide bonds. The SMILES string of the molecule is Cc1cnc(N2CCCC2CN)nc1-c1ccc(F)cc1. The monoisotopic (exact) mass is 286 g/mol. The second-order valence-corrected chi connectivity index (χ2v) is 5.43. The van der Waals surface area contributed by atoms with Crippen LogP contribution in [-0.4, -0.2) is 29.1 Å². The van der Waals surface area contributed by atoms with Gasteiger partial charge in [-0.2, -0.15) is 0 Å². The van der Waals surface area contributed by atoms with Gasteiger partial charge in [0.2, 0.25) is 5.95 Å². The summed E-state index contributed by atoms with van der Waals surface area (Å²) in [5.74, 6) is 0.473. The molecule has 1 fully saturated rings. The van der Waals surface area contributed by atoms with Crippen molar-refractivity contribution < 1.29 is 4.39 Å². The minimum absolute atomic E-state index is 0.242. The first kappa shape index (κ1) is 13.9. The summed E-state index contributed by atoms with van der Waals surface area (Å²) in [6, 6.07) is 6.72. The largest absolute Gasteiger partial charge is 0.337 e. The lowest BCUT2D eigenvalue weighted by Gasteiger charge is -2.24. The number of aromatic nitrogens is 2. The average molecular weight is 286 g/mol. The summed E-state index contributed by atoms with van der Waals surface area (Å²) in [4.78, 5) is 11.3. The van der Waals surface area contributed by atoms with Crippen LogP contribution in [-0.2, 0) is 0 Å². The molecule has 1 unspecified atom stereocenters. The van der Waals surface area contributed by atoms with Crippen LogP contribution in [0.5, 0.6) is 0 Å². The van der Waals surface area contributed by atoms with Crippen LogP contribution in [0.1, 0.15) is 18.4 Å². The molecule has 0 bridgehead atoms. The zero-order valence-corrected chi connectivity index (χ0v) is 12.1. The van der Waals surface area contributed by atoms with E-state index < -0.39 is 0 Å². The van der Waals surface area contributed by atoms with Crippen molar-refractivity contribution in [1.82, 2.24) is 9.97 Å². The molecule has 0 saturated carbocycles. The summed E-state index contributed by atoms with van der Waals surface area (Å²) < 4.78 is 13.1. The lowest BCUT2D eigenvalue weighted by Crippen LogP contribution is -2.36. The number of aryl methyl sites for hydroxylation is 1. The van der Waals surface area contributed by atoms with Crippen LogP contribution in [0.25, 0.3) is 11.3 Å². The smallest absolute Gasteiger partial charge is 0.226 e. The Morgan fingerprint density at radius 1 is 1.33 bits per heavy atom. The fraction of sp³-hybridized carbons (Fsp3) is 0.375. The third-order valence-corrected chi connectivity index (χ3v) is 3.98. The number of hydrogen-bond donors (Lipinski definition) is 1. The molecule has 1 aromatic heterocycles. The Bertz CT molecular complexity index is 627. The van der Waals surface area contributed by atoms with Crippen LogP contribution in [0.2, 0.25) is 0 Å². The third-order valence-electron chi connectivity index (χ3n) is 3.98. The van der Waals surface area contributed by atoms with Gasteiger partial charge in [-0.15, -0.1) is 0 Å². The van der Waals surface area contributed by atoms with Crippen molar-refractivity contribution in [3.63, 3.8) is 0 Å². The minimum Gasteiger partial charge on any atom is -0.337 e. The Balaban J connectivity index is 1.98. The van der Waals surface area contributed by atoms with Gasteiger partial charge < -0.3 is 10.6 Å². The molecular formula is C16H19FN4. The second-order valence-electron chi connectivity index (χ2n) is 5.43. The van der Waals surface area contributed by atoms with Crippen molar-refractivity contribution >= 4 is 5.95 Å². The van der Waals surface area contributed by atoms with Crippen LogP contribution in [0.3, 0.4) is 0 Å². The molecule has 1 aliphatic rings. The van der Waals surface area contributed by atoms with E-state index in [2.05, 4.69) is 14.9 Å². The van der Waals surface area contributed by atoms with Gasteiger partial charge in [-0.3, -0.25) is 0 Å². The van der Waals surface area contributed by atoms with E-state index in [1.54, 1.807) is 12.1 Å². The van der Waals surface area contributed by atoms with Gasteiger partial charge in [-0.25, -0.2) is 14.4 Å². The number of anilines is 1. The maximum absolute atomic E-state index is 13.1. The highest BCUT2D eigenvalue weighted by atomic mass is 19.1. The summed E-state index contributed by atoms with van der Waals surface area (Å²) in [5.41, 5.74) is 8.55. The quantitative estimate of drug-likeness (QED) is 0.942. The first-order valence-corrected chi connectivity index (χ1v) is 7.25. The molecule has 21 heavy (non-hydrogen) atoms. The van der Waals surface area contributed by atoms with E-state index in [0.29, 0.717) is 18.5 Å². The Hall–Kier alpha value is -2.01. The van der Waals surface area contributed by atoms with Crippen LogP contribution in [0, 0.1) is 12.7 Å². The Kier molecular flexibility index (Phi) is 3.84. The second kappa shape index (κ2) is 5.77. The molecule has 0 aliphatic carbocycles. The molecule has 1 aliphatic heterocycles. The first-order chi connectivity index (χ1) is 10.2. The first-order valence-electron chi connectivity index (χ1n) is 7.25. The van der Waals surface area contributed by atoms with Crippen molar-refractivity contribution in [2.75, 3.05) is 18.0 Å². The van der Waals surface area contributed by atoms with Gasteiger partial charge in [0.25, 0.3) is 0 Å². The van der Waals surface area contributed by atoms with E-state index in [4.69, 9.17) is 5.73 Å². The highest BCUT2D eigenvalue weighted by Crippen LogP contribution is 2.26. The summed E-state index contributed by atoms with van der Waals surface area (Å²) in [5, 5.41) is 0. The molecule has 2 aromatic rings. The zero-order valence-electron chi connectivity index (χ0n) is 12.1. The van der Waals surface area contributed by atoms with Gasteiger partial charge in [-0.1, -0.05) is 0 Å². The Morgan fingerprint density at radius 2 is 2.10 bits per heavy atom. The number of nitrogens with two attached hydrogens (primary N) is 1. The summed E-state index contributed by atoms with van der Waals surface area (Å²) in [6.45, 7) is 3.52. The zero-order chi connectivity index (χ0) is 14.8. The summed E-state index contributed by atoms with van der Waals surface area (Å²) >= 11 is 0. The van der Waals surface area contributed by atoms with Crippen molar-refractivity contribution in [1.29, 1.82) is 0 Å². The number of nitrogens with zero attached hydrogens (tertiary/aromatic N) is 3. The maximum atomic E-state index is 13.1. The summed E-state index contributed by atoms with van der Waals surface area (Å²) in [6.07, 6.45) is 4.03. The summed E-state index contributed by atoms with van der Waals surface area (Å²) in [7, 11) is 0. The van der Waals surface area contributed by atoms with Gasteiger partial charge >= 0.3 is 0 Å². The molecule has 1 aromatic carbocycles. The van der Waals surface area contributed by atoms with Gasteiger partial charge in [0.15, 0.2) is 0 Å². The van der Waals surface area contributed by atoms with Gasteiger partial charge in [0.05, 0.1) is 5.69 Å². The molecular weight excluding hydrogens is 267 g/mol. The molecule has 0 radical (unpaired) electrons. The standard InChI is InChI=1S/C16H19FN4/c1-11-10-19-16(21-8-2-3-14(21)9-18)20-15(11)12-4-6-13(17)7-5-12/h4-7,10,14H,2-3,8-9,18H2,1H3. The number of hydrogen-bond acceptors (Lipinski definition) is 4. The minimum atomic E-state index is -0.242. The van der Waals surface area contributed by atoms with Crippen molar-refractivity contribution in [2.24, 2.45) is 5.73 Å². The van der Waals surface area contributed by atoms with E-state index in [9.17, 15) is 4.39 Å². The van der Waals surface area contributed by atoms with Crippen LogP contribution in [0.15, 0.2) is 30.5 Å². The molecule has 3 rings (SSSR count). The van der Waals surface area contributed by atoms with E-state index >= 15 is 0 Å². The van der Waals surface area contributed by atoms with Crippen LogP contribution >= 0.6 is 0 Å². The number of benzene rings is 1. The fourth-order valence-electron chi connectivity index (χ4n) is 2.82. The highest BCUT2D eigenvalue weighted by molar-refractivity contribution is 5.63. The van der Waals surface area contributed by atoms with Gasteiger partial charge in [-0.05, 0) is 49.6 Å². The van der Waals surface area contributed by atoms with Crippen molar-refractivity contribution in [3.8, 4) is 11.3 Å². The Labute approximate surface area is 123 Å². The molecule has 2 heterocycles. The normalized spacial score (nSPS) is 18.2. The van der Waals surface area contributed by atoms with E-state index in [1.165, 1.54) is 12.1 Å². The van der Waals surface area contributed by atoms with Gasteiger partial charge in [0.1, 0.15) is 5.82 Å². The van der Waals surface area contributed by atoms with E-state index in [0.717, 1.165) is 36.2 Å².